The molecule has 8 nitrogen and oxygen atoms in total. The van der Waals surface area contributed by atoms with Crippen molar-refractivity contribution in [1.29, 1.82) is 0 Å². The number of hydrogen-bond donors (Lipinski definition) is 2. The summed E-state index contributed by atoms with van der Waals surface area (Å²) in [5.41, 5.74) is -0.628. The third-order valence-electron chi connectivity index (χ3n) is 3.35. The van der Waals surface area contributed by atoms with Gasteiger partial charge in [0.05, 0.1) is 15.4 Å². The molecule has 0 aliphatic rings. The van der Waals surface area contributed by atoms with Crippen LogP contribution < -0.4 is 0 Å². The minimum absolute atomic E-state index is 0.180. The Morgan fingerprint density at radius 1 is 1.07 bits per heavy atom. The van der Waals surface area contributed by atoms with E-state index in [0.717, 1.165) is 34.4 Å². The third kappa shape index (κ3) is 7.72. The highest BCUT2D eigenvalue weighted by atomic mass is 32.2. The molecule has 0 bridgehead atoms. The molecule has 0 saturated carbocycles. The van der Waals surface area contributed by atoms with Gasteiger partial charge in [-0.1, -0.05) is 30.0 Å². The number of rotatable bonds is 5. The van der Waals surface area contributed by atoms with Crippen LogP contribution in [0.5, 0.6) is 0 Å². The van der Waals surface area contributed by atoms with Gasteiger partial charge in [0, 0.05) is 17.5 Å². The van der Waals surface area contributed by atoms with E-state index in [0.29, 0.717) is 12.6 Å². The number of halogens is 3. The van der Waals surface area contributed by atoms with Crippen molar-refractivity contribution < 1.29 is 37.9 Å². The average Bonchev–Trinajstić information content (AvgIpc) is 2.62. The van der Waals surface area contributed by atoms with E-state index >= 15 is 0 Å². The van der Waals surface area contributed by atoms with Crippen molar-refractivity contribution in [2.45, 2.75) is 22.5 Å². The lowest BCUT2D eigenvalue weighted by Gasteiger charge is -2.14. The second-order valence-corrected chi connectivity index (χ2v) is 7.08. The summed E-state index contributed by atoms with van der Waals surface area (Å²) >= 11 is 1.09. The Balaban J connectivity index is 0.000000656. The van der Waals surface area contributed by atoms with Gasteiger partial charge in [0.25, 0.3) is 5.69 Å². The fraction of sp³-hybridized carbons (Fsp3) is 0.222. The molecule has 0 spiro atoms. The maximum absolute atomic E-state index is 12.8. The summed E-state index contributed by atoms with van der Waals surface area (Å²) in [6, 6.07) is 9.92. The van der Waals surface area contributed by atoms with Crippen LogP contribution in [0.15, 0.2) is 52.3 Å². The summed E-state index contributed by atoms with van der Waals surface area (Å²) in [7, 11) is 3.78. The van der Waals surface area contributed by atoms with Crippen molar-refractivity contribution in [3.63, 3.8) is 0 Å². The van der Waals surface area contributed by atoms with E-state index in [9.17, 15) is 23.3 Å². The summed E-state index contributed by atoms with van der Waals surface area (Å²) in [4.78, 5) is 31.5. The van der Waals surface area contributed by atoms with E-state index < -0.39 is 34.3 Å². The monoisotopic (exact) mass is 446 g/mol. The molecule has 0 aromatic heterocycles. The smallest absolute Gasteiger partial charge is 0.416 e. The van der Waals surface area contributed by atoms with Crippen molar-refractivity contribution in [2.24, 2.45) is 0 Å². The molecule has 12 heteroatoms. The molecule has 0 atom stereocenters. The highest BCUT2D eigenvalue weighted by molar-refractivity contribution is 7.99. The van der Waals surface area contributed by atoms with E-state index in [1.54, 1.807) is 12.1 Å². The maximum Gasteiger partial charge on any atom is 0.416 e. The lowest BCUT2D eigenvalue weighted by Crippen LogP contribution is -2.11. The lowest BCUT2D eigenvalue weighted by molar-refractivity contribution is -0.388. The van der Waals surface area contributed by atoms with Gasteiger partial charge in [-0.15, -0.1) is 0 Å². The zero-order valence-electron chi connectivity index (χ0n) is 15.7. The summed E-state index contributed by atoms with van der Waals surface area (Å²) in [6.07, 6.45) is -4.61. The zero-order chi connectivity index (χ0) is 23.1. The first-order valence-electron chi connectivity index (χ1n) is 8.05. The van der Waals surface area contributed by atoms with Crippen LogP contribution in [-0.2, 0) is 22.3 Å². The van der Waals surface area contributed by atoms with Crippen molar-refractivity contribution in [1.82, 2.24) is 4.90 Å². The largest absolute Gasteiger partial charge is 0.473 e. The number of benzene rings is 2. The molecule has 2 rings (SSSR count). The first-order chi connectivity index (χ1) is 13.8. The molecular weight excluding hydrogens is 429 g/mol. The van der Waals surface area contributed by atoms with Gasteiger partial charge in [0.2, 0.25) is 0 Å². The van der Waals surface area contributed by atoms with Crippen molar-refractivity contribution in [3.05, 3.63) is 63.7 Å². The van der Waals surface area contributed by atoms with Gasteiger partial charge >= 0.3 is 18.1 Å². The second-order valence-electron chi connectivity index (χ2n) is 6.00. The topological polar surface area (TPSA) is 121 Å². The Bertz CT molecular complexity index is 922. The van der Waals surface area contributed by atoms with E-state index in [4.69, 9.17) is 19.8 Å². The minimum atomic E-state index is -4.61. The van der Waals surface area contributed by atoms with E-state index in [2.05, 4.69) is 0 Å². The molecule has 0 amide bonds. The van der Waals surface area contributed by atoms with E-state index in [1.807, 2.05) is 31.1 Å². The van der Waals surface area contributed by atoms with Crippen molar-refractivity contribution in [2.75, 3.05) is 14.1 Å². The number of nitro groups is 1. The molecule has 2 N–H and O–H groups in total. The van der Waals surface area contributed by atoms with Crippen molar-refractivity contribution >= 4 is 29.4 Å². The van der Waals surface area contributed by atoms with Crippen LogP contribution in [0.1, 0.15) is 11.1 Å². The summed E-state index contributed by atoms with van der Waals surface area (Å²) in [5, 5.41) is 26.0. The van der Waals surface area contributed by atoms with E-state index in [1.165, 1.54) is 0 Å². The second kappa shape index (κ2) is 10.6. The number of alkyl halides is 3. The minimum Gasteiger partial charge on any atom is -0.473 e. The maximum atomic E-state index is 12.8. The van der Waals surface area contributed by atoms with Gasteiger partial charge in [-0.25, -0.2) is 9.59 Å². The van der Waals surface area contributed by atoms with Crippen molar-refractivity contribution in [3.8, 4) is 0 Å². The third-order valence-corrected chi connectivity index (χ3v) is 4.53. The first kappa shape index (κ1) is 24.9. The highest BCUT2D eigenvalue weighted by Crippen LogP contribution is 2.40. The number of aliphatic carboxylic acids is 2. The van der Waals surface area contributed by atoms with Gasteiger partial charge in [0.1, 0.15) is 0 Å². The Hall–Kier alpha value is -3.12. The quantitative estimate of drug-likeness (QED) is 0.402. The SMILES string of the molecule is CN(C)Cc1ccccc1Sc1ccc(C(F)(F)F)cc1[N+](=O)[O-].O=C(O)C(=O)O. The van der Waals surface area contributed by atoms with Crippen LogP contribution in [0.4, 0.5) is 18.9 Å². The summed E-state index contributed by atoms with van der Waals surface area (Å²) in [5.74, 6) is -3.65. The van der Waals surface area contributed by atoms with Gasteiger partial charge in [-0.3, -0.25) is 10.1 Å². The van der Waals surface area contributed by atoms with Crippen LogP contribution in [0.2, 0.25) is 0 Å². The van der Waals surface area contributed by atoms with Crippen LogP contribution >= 0.6 is 11.8 Å². The van der Waals surface area contributed by atoms with Gasteiger partial charge in [0.15, 0.2) is 0 Å². The van der Waals surface area contributed by atoms with Crippen LogP contribution in [0.25, 0.3) is 0 Å². The molecule has 0 heterocycles. The van der Waals surface area contributed by atoms with Crippen LogP contribution in [0.3, 0.4) is 0 Å². The Morgan fingerprint density at radius 2 is 1.63 bits per heavy atom. The zero-order valence-corrected chi connectivity index (χ0v) is 16.5. The molecule has 0 unspecified atom stereocenters. The molecule has 162 valence electrons. The average molecular weight is 446 g/mol. The predicted octanol–water partition coefficient (Wildman–Crippen LogP) is 3.98. The summed E-state index contributed by atoms with van der Waals surface area (Å²) < 4.78 is 38.3. The number of hydrogen-bond acceptors (Lipinski definition) is 6. The standard InChI is InChI=1S/C16H15F3N2O2S.C2H2O4/c1-20(2)10-11-5-3-4-6-14(11)24-15-8-7-12(16(17,18)19)9-13(15)21(22)23;3-1(4)2(5)6/h3-9H,10H2,1-2H3;(H,3,4)(H,5,6). The Kier molecular flexibility index (Phi) is 8.80. The molecule has 0 radical (unpaired) electrons. The van der Waals surface area contributed by atoms with Gasteiger partial charge in [-0.05, 0) is 37.9 Å². The number of carboxylic acid groups (broad SMARTS) is 2. The molecule has 0 fully saturated rings. The fourth-order valence-electron chi connectivity index (χ4n) is 2.12. The Morgan fingerprint density at radius 3 is 2.10 bits per heavy atom. The Labute approximate surface area is 173 Å². The van der Waals surface area contributed by atoms with Gasteiger partial charge in [-0.2, -0.15) is 13.2 Å². The van der Waals surface area contributed by atoms with E-state index in [-0.39, 0.29) is 4.90 Å². The van der Waals surface area contributed by atoms with Gasteiger partial charge < -0.3 is 15.1 Å². The molecule has 0 aliphatic carbocycles. The highest BCUT2D eigenvalue weighted by Gasteiger charge is 2.33. The molecule has 2 aromatic carbocycles. The number of nitro benzene ring substituents is 1. The number of carboxylic acids is 2. The molecule has 0 aliphatic heterocycles. The fourth-order valence-corrected chi connectivity index (χ4v) is 3.14. The predicted molar refractivity (Wildman–Crippen MR) is 101 cm³/mol. The lowest BCUT2D eigenvalue weighted by atomic mass is 10.2. The molecule has 0 saturated heterocycles. The molecule has 30 heavy (non-hydrogen) atoms. The van der Waals surface area contributed by atoms with Crippen LogP contribution in [-0.4, -0.2) is 46.1 Å². The summed E-state index contributed by atoms with van der Waals surface area (Å²) in [6.45, 7) is 0.623. The van der Waals surface area contributed by atoms with Crippen LogP contribution in [0, 0.1) is 10.1 Å². The number of nitrogens with zero attached hydrogens (tertiary/aromatic N) is 2. The normalized spacial score (nSPS) is 10.9. The number of carbonyl (C=O) groups is 2. The molecule has 2 aromatic rings. The molecular formula is C18H17F3N2O6S. The first-order valence-corrected chi connectivity index (χ1v) is 8.87.